The number of ether oxygens (including phenoxy) is 1. The maximum absolute atomic E-state index is 9.58. The molecular weight excluding hydrogens is 292 g/mol. The van der Waals surface area contributed by atoms with Crippen LogP contribution in [0.4, 0.5) is 0 Å². The molecule has 96 valence electrons. The van der Waals surface area contributed by atoms with E-state index < -0.39 is 0 Å². The van der Waals surface area contributed by atoms with Crippen molar-refractivity contribution < 1.29 is 4.74 Å². The molecule has 0 aliphatic carbocycles. The second kappa shape index (κ2) is 5.29. The van der Waals surface area contributed by atoms with Crippen LogP contribution >= 0.6 is 15.9 Å². The summed E-state index contributed by atoms with van der Waals surface area (Å²) in [4.78, 5) is 2.27. The Balaban J connectivity index is 2.34. The Morgan fingerprint density at radius 2 is 2.06 bits per heavy atom. The first-order valence-electron chi connectivity index (χ1n) is 6.05. The average Bonchev–Trinajstić information content (AvgIpc) is 2.40. The fraction of sp³-hybridized carbons (Fsp3) is 0.500. The first kappa shape index (κ1) is 13.4. The monoisotopic (exact) mass is 308 g/mol. The molecule has 3 nitrogen and oxygen atoms in total. The SMILES string of the molecule is COc1ccc(C2(C#N)CCN(C)CC2)cc1Br. The largest absolute Gasteiger partial charge is 0.496 e. The minimum absolute atomic E-state index is 0.346. The lowest BCUT2D eigenvalue weighted by molar-refractivity contribution is 0.222. The van der Waals surface area contributed by atoms with E-state index in [0.717, 1.165) is 41.7 Å². The summed E-state index contributed by atoms with van der Waals surface area (Å²) in [6.45, 7) is 1.94. The van der Waals surface area contributed by atoms with Gasteiger partial charge in [0, 0.05) is 0 Å². The van der Waals surface area contributed by atoms with Gasteiger partial charge in [-0.05, 0) is 66.6 Å². The predicted molar refractivity (Wildman–Crippen MR) is 74.7 cm³/mol. The third-order valence-corrected chi connectivity index (χ3v) is 4.38. The molecule has 2 rings (SSSR count). The fourth-order valence-electron chi connectivity index (χ4n) is 2.43. The average molecular weight is 309 g/mol. The number of hydrogen-bond donors (Lipinski definition) is 0. The van der Waals surface area contributed by atoms with Gasteiger partial charge in [0.2, 0.25) is 0 Å². The molecule has 1 fully saturated rings. The lowest BCUT2D eigenvalue weighted by atomic mass is 9.74. The summed E-state index contributed by atoms with van der Waals surface area (Å²) in [7, 11) is 3.75. The van der Waals surface area contributed by atoms with Crippen LogP contribution < -0.4 is 4.74 Å². The molecule has 1 saturated heterocycles. The predicted octanol–water partition coefficient (Wildman–Crippen LogP) is 2.94. The van der Waals surface area contributed by atoms with Gasteiger partial charge in [0.05, 0.1) is 23.1 Å². The van der Waals surface area contributed by atoms with Gasteiger partial charge in [-0.3, -0.25) is 0 Å². The first-order chi connectivity index (χ1) is 8.61. The van der Waals surface area contributed by atoms with Crippen molar-refractivity contribution in [1.82, 2.24) is 4.90 Å². The van der Waals surface area contributed by atoms with Crippen LogP contribution in [0.25, 0.3) is 0 Å². The van der Waals surface area contributed by atoms with Gasteiger partial charge < -0.3 is 9.64 Å². The maximum atomic E-state index is 9.58. The molecule has 0 saturated carbocycles. The molecule has 4 heteroatoms. The van der Waals surface area contributed by atoms with Crippen LogP contribution in [0.2, 0.25) is 0 Å². The highest BCUT2D eigenvalue weighted by molar-refractivity contribution is 9.10. The van der Waals surface area contributed by atoms with Gasteiger partial charge in [0.15, 0.2) is 0 Å². The molecule has 0 bridgehead atoms. The summed E-state index contributed by atoms with van der Waals surface area (Å²) in [5.74, 6) is 0.805. The van der Waals surface area contributed by atoms with Crippen molar-refractivity contribution in [2.45, 2.75) is 18.3 Å². The molecule has 0 unspecified atom stereocenters. The Bertz CT molecular complexity index is 473. The van der Waals surface area contributed by atoms with E-state index in [1.165, 1.54) is 0 Å². The molecular formula is C14H17BrN2O. The molecule has 0 radical (unpaired) electrons. The van der Waals surface area contributed by atoms with Crippen molar-refractivity contribution in [3.05, 3.63) is 28.2 Å². The molecule has 0 amide bonds. The molecule has 1 heterocycles. The van der Waals surface area contributed by atoms with E-state index in [9.17, 15) is 5.26 Å². The van der Waals surface area contributed by atoms with Crippen molar-refractivity contribution in [3.8, 4) is 11.8 Å². The molecule has 0 aromatic heterocycles. The highest BCUT2D eigenvalue weighted by Gasteiger charge is 2.35. The van der Waals surface area contributed by atoms with Gasteiger partial charge in [-0.25, -0.2) is 0 Å². The molecule has 18 heavy (non-hydrogen) atoms. The number of methoxy groups -OCH3 is 1. The molecule has 1 aromatic rings. The summed E-state index contributed by atoms with van der Waals surface area (Å²) in [6, 6.07) is 8.49. The standard InChI is InChI=1S/C14H17BrN2O/c1-17-7-5-14(10-16,6-8-17)11-3-4-13(18-2)12(15)9-11/h3-4,9H,5-8H2,1-2H3. The second-order valence-corrected chi connectivity index (χ2v) is 5.70. The molecule has 0 spiro atoms. The lowest BCUT2D eigenvalue weighted by Gasteiger charge is -2.36. The third-order valence-electron chi connectivity index (χ3n) is 3.76. The maximum Gasteiger partial charge on any atom is 0.133 e. The van der Waals surface area contributed by atoms with Crippen LogP contribution in [0, 0.1) is 11.3 Å². The fourth-order valence-corrected chi connectivity index (χ4v) is 2.97. The lowest BCUT2D eigenvalue weighted by Crippen LogP contribution is -2.39. The van der Waals surface area contributed by atoms with Crippen LogP contribution in [-0.4, -0.2) is 32.1 Å². The van der Waals surface area contributed by atoms with E-state index in [-0.39, 0.29) is 5.41 Å². The smallest absolute Gasteiger partial charge is 0.133 e. The summed E-state index contributed by atoms with van der Waals surface area (Å²) in [5, 5.41) is 9.58. The van der Waals surface area contributed by atoms with Crippen LogP contribution in [0.3, 0.4) is 0 Å². The Morgan fingerprint density at radius 1 is 1.39 bits per heavy atom. The summed E-state index contributed by atoms with van der Waals surface area (Å²) >= 11 is 3.49. The summed E-state index contributed by atoms with van der Waals surface area (Å²) in [5.41, 5.74) is 0.743. The van der Waals surface area contributed by atoms with Crippen LogP contribution in [0.1, 0.15) is 18.4 Å². The van der Waals surface area contributed by atoms with Gasteiger partial charge in [0.25, 0.3) is 0 Å². The Morgan fingerprint density at radius 3 is 2.56 bits per heavy atom. The van der Waals surface area contributed by atoms with E-state index in [1.807, 2.05) is 18.2 Å². The van der Waals surface area contributed by atoms with E-state index in [2.05, 4.69) is 33.9 Å². The van der Waals surface area contributed by atoms with Crippen molar-refractivity contribution >= 4 is 15.9 Å². The number of nitrogens with zero attached hydrogens (tertiary/aromatic N) is 2. The molecule has 1 aliphatic heterocycles. The summed E-state index contributed by atoms with van der Waals surface area (Å²) < 4.78 is 6.15. The Hall–Kier alpha value is -1.05. The number of halogens is 1. The number of rotatable bonds is 2. The summed E-state index contributed by atoms with van der Waals surface area (Å²) in [6.07, 6.45) is 1.78. The second-order valence-electron chi connectivity index (χ2n) is 4.85. The normalized spacial score (nSPS) is 19.2. The van der Waals surface area contributed by atoms with E-state index in [1.54, 1.807) is 7.11 Å². The van der Waals surface area contributed by atoms with Crippen molar-refractivity contribution in [3.63, 3.8) is 0 Å². The van der Waals surface area contributed by atoms with E-state index in [0.29, 0.717) is 0 Å². The highest BCUT2D eigenvalue weighted by Crippen LogP contribution is 2.37. The number of benzene rings is 1. The number of piperidine rings is 1. The van der Waals surface area contributed by atoms with E-state index >= 15 is 0 Å². The van der Waals surface area contributed by atoms with Gasteiger partial charge >= 0.3 is 0 Å². The molecule has 1 aliphatic rings. The van der Waals surface area contributed by atoms with Crippen LogP contribution in [-0.2, 0) is 5.41 Å². The number of likely N-dealkylation sites (tertiary alicyclic amines) is 1. The third kappa shape index (κ3) is 2.38. The van der Waals surface area contributed by atoms with Gasteiger partial charge in [-0.15, -0.1) is 0 Å². The zero-order valence-corrected chi connectivity index (χ0v) is 12.3. The quantitative estimate of drug-likeness (QED) is 0.843. The first-order valence-corrected chi connectivity index (χ1v) is 6.84. The molecule has 0 N–H and O–H groups in total. The number of hydrogen-bond acceptors (Lipinski definition) is 3. The van der Waals surface area contributed by atoms with Gasteiger partial charge in [0.1, 0.15) is 5.75 Å². The van der Waals surface area contributed by atoms with E-state index in [4.69, 9.17) is 4.74 Å². The van der Waals surface area contributed by atoms with Crippen molar-refractivity contribution in [2.24, 2.45) is 0 Å². The minimum Gasteiger partial charge on any atom is -0.496 e. The molecule has 1 aromatic carbocycles. The Labute approximate surface area is 116 Å². The topological polar surface area (TPSA) is 36.3 Å². The molecule has 0 atom stereocenters. The van der Waals surface area contributed by atoms with Crippen LogP contribution in [0.15, 0.2) is 22.7 Å². The highest BCUT2D eigenvalue weighted by atomic mass is 79.9. The van der Waals surface area contributed by atoms with Crippen molar-refractivity contribution in [1.29, 1.82) is 5.26 Å². The van der Waals surface area contributed by atoms with Crippen LogP contribution in [0.5, 0.6) is 5.75 Å². The number of nitriles is 1. The zero-order valence-electron chi connectivity index (χ0n) is 10.7. The van der Waals surface area contributed by atoms with Crippen molar-refractivity contribution in [2.75, 3.05) is 27.2 Å². The van der Waals surface area contributed by atoms with Gasteiger partial charge in [-0.1, -0.05) is 6.07 Å². The Kier molecular flexibility index (Phi) is 3.94. The minimum atomic E-state index is -0.346. The zero-order chi connectivity index (χ0) is 13.2. The van der Waals surface area contributed by atoms with Gasteiger partial charge in [-0.2, -0.15) is 5.26 Å².